The van der Waals surface area contributed by atoms with Gasteiger partial charge in [-0.05, 0) is 12.1 Å². The summed E-state index contributed by atoms with van der Waals surface area (Å²) >= 11 is 0. The Kier molecular flexibility index (Phi) is 4.31. The molecule has 4 rings (SSSR count). The SMILES string of the molecule is O=C(Nc1ncnc2c1ncn2[C@H]1C[C@H](F)[C@@H](CO)O1)c1ccccc1. The van der Waals surface area contributed by atoms with Crippen LogP contribution in [0.15, 0.2) is 43.0 Å². The maximum absolute atomic E-state index is 13.9. The maximum atomic E-state index is 13.9. The number of ether oxygens (including phenoxy) is 1. The van der Waals surface area contributed by atoms with Gasteiger partial charge in [0.25, 0.3) is 5.91 Å². The van der Waals surface area contributed by atoms with E-state index in [1.54, 1.807) is 28.8 Å². The summed E-state index contributed by atoms with van der Waals surface area (Å²) in [4.78, 5) is 24.8. The summed E-state index contributed by atoms with van der Waals surface area (Å²) in [5.41, 5.74) is 1.28. The second kappa shape index (κ2) is 6.77. The number of fused-ring (bicyclic) bond motifs is 1. The molecule has 3 atom stereocenters. The van der Waals surface area contributed by atoms with E-state index in [0.717, 1.165) is 0 Å². The van der Waals surface area contributed by atoms with Crippen LogP contribution in [0.4, 0.5) is 10.2 Å². The van der Waals surface area contributed by atoms with Crippen molar-refractivity contribution in [3.63, 3.8) is 0 Å². The Labute approximate surface area is 147 Å². The average molecular weight is 357 g/mol. The minimum atomic E-state index is -1.26. The van der Waals surface area contributed by atoms with Crippen LogP contribution in [0.3, 0.4) is 0 Å². The van der Waals surface area contributed by atoms with Gasteiger partial charge < -0.3 is 15.2 Å². The number of nitrogens with zero attached hydrogens (tertiary/aromatic N) is 4. The second-order valence-electron chi connectivity index (χ2n) is 5.93. The van der Waals surface area contributed by atoms with Crippen LogP contribution >= 0.6 is 0 Å². The zero-order valence-electron chi connectivity index (χ0n) is 13.6. The predicted octanol–water partition coefficient (Wildman–Crippen LogP) is 1.70. The molecule has 2 N–H and O–H groups in total. The zero-order chi connectivity index (χ0) is 18.1. The fourth-order valence-corrected chi connectivity index (χ4v) is 2.95. The number of carbonyl (C=O) groups excluding carboxylic acids is 1. The minimum Gasteiger partial charge on any atom is -0.394 e. The molecule has 134 valence electrons. The van der Waals surface area contributed by atoms with Crippen molar-refractivity contribution >= 4 is 22.9 Å². The summed E-state index contributed by atoms with van der Waals surface area (Å²) in [5, 5.41) is 11.9. The van der Waals surface area contributed by atoms with E-state index in [0.29, 0.717) is 16.7 Å². The molecule has 3 aromatic rings. The second-order valence-corrected chi connectivity index (χ2v) is 5.93. The molecule has 2 aromatic heterocycles. The first kappa shape index (κ1) is 16.6. The number of hydrogen-bond donors (Lipinski definition) is 2. The molecular weight excluding hydrogens is 341 g/mol. The molecular formula is C17H16FN5O3. The number of nitrogens with one attached hydrogen (secondary N) is 1. The van der Waals surface area contributed by atoms with Crippen LogP contribution in [0.2, 0.25) is 0 Å². The van der Waals surface area contributed by atoms with Crippen LogP contribution < -0.4 is 5.32 Å². The number of aliphatic hydroxyl groups excluding tert-OH is 1. The fourth-order valence-electron chi connectivity index (χ4n) is 2.95. The van der Waals surface area contributed by atoms with Crippen molar-refractivity contribution in [2.45, 2.75) is 24.9 Å². The van der Waals surface area contributed by atoms with Gasteiger partial charge in [0.1, 0.15) is 24.8 Å². The largest absolute Gasteiger partial charge is 0.394 e. The van der Waals surface area contributed by atoms with Crippen molar-refractivity contribution in [3.05, 3.63) is 48.5 Å². The average Bonchev–Trinajstić information content (AvgIpc) is 3.26. The molecule has 0 bridgehead atoms. The lowest BCUT2D eigenvalue weighted by Crippen LogP contribution is -2.21. The molecule has 1 aliphatic heterocycles. The highest BCUT2D eigenvalue weighted by Gasteiger charge is 2.36. The number of rotatable bonds is 4. The van der Waals surface area contributed by atoms with Crippen LogP contribution in [0.25, 0.3) is 11.2 Å². The van der Waals surface area contributed by atoms with Crippen molar-refractivity contribution < 1.29 is 19.0 Å². The summed E-state index contributed by atoms with van der Waals surface area (Å²) in [6, 6.07) is 8.73. The van der Waals surface area contributed by atoms with Gasteiger partial charge in [-0.1, -0.05) is 18.2 Å². The molecule has 0 spiro atoms. The Hall–Kier alpha value is -2.91. The number of alkyl halides is 1. The molecule has 26 heavy (non-hydrogen) atoms. The third kappa shape index (κ3) is 2.91. The fraction of sp³-hybridized carbons (Fsp3) is 0.294. The standard InChI is InChI=1S/C17H16FN5O3/c18-11-6-13(26-12(11)7-24)23-9-21-14-15(19-8-20-16(14)23)22-17(25)10-4-2-1-3-5-10/h1-5,8-9,11-13,24H,6-7H2,(H,19,20,22,25)/t11-,12+,13+/m0/s1. The molecule has 3 heterocycles. The number of benzene rings is 1. The third-order valence-corrected chi connectivity index (χ3v) is 4.28. The molecule has 9 heteroatoms. The number of imidazole rings is 1. The summed E-state index contributed by atoms with van der Waals surface area (Å²) < 4.78 is 21.0. The van der Waals surface area contributed by atoms with Crippen molar-refractivity contribution in [1.29, 1.82) is 0 Å². The third-order valence-electron chi connectivity index (χ3n) is 4.28. The summed E-state index contributed by atoms with van der Waals surface area (Å²) in [5.74, 6) is -0.0578. The first-order valence-electron chi connectivity index (χ1n) is 8.11. The molecule has 1 amide bonds. The Morgan fingerprint density at radius 1 is 1.31 bits per heavy atom. The predicted molar refractivity (Wildman–Crippen MR) is 90.2 cm³/mol. The number of hydrogen-bond acceptors (Lipinski definition) is 6. The van der Waals surface area contributed by atoms with E-state index in [1.807, 2.05) is 6.07 Å². The summed E-state index contributed by atoms with van der Waals surface area (Å²) in [7, 11) is 0. The number of anilines is 1. The monoisotopic (exact) mass is 357 g/mol. The highest BCUT2D eigenvalue weighted by atomic mass is 19.1. The zero-order valence-corrected chi connectivity index (χ0v) is 13.6. The van der Waals surface area contributed by atoms with E-state index in [-0.39, 0.29) is 18.1 Å². The summed E-state index contributed by atoms with van der Waals surface area (Å²) in [6.45, 7) is -0.391. The Morgan fingerprint density at radius 2 is 2.12 bits per heavy atom. The maximum Gasteiger partial charge on any atom is 0.256 e. The van der Waals surface area contributed by atoms with Crippen LogP contribution in [0.1, 0.15) is 23.0 Å². The molecule has 0 saturated carbocycles. The van der Waals surface area contributed by atoms with Crippen molar-refractivity contribution in [3.8, 4) is 0 Å². The Morgan fingerprint density at radius 3 is 2.85 bits per heavy atom. The molecule has 0 aliphatic carbocycles. The molecule has 1 aliphatic rings. The molecule has 1 aromatic carbocycles. The Bertz CT molecular complexity index is 933. The van der Waals surface area contributed by atoms with Gasteiger partial charge in [0.15, 0.2) is 17.0 Å². The molecule has 0 unspecified atom stereocenters. The quantitative estimate of drug-likeness (QED) is 0.737. The van der Waals surface area contributed by atoms with Crippen LogP contribution in [-0.2, 0) is 4.74 Å². The topological polar surface area (TPSA) is 102 Å². The van der Waals surface area contributed by atoms with Crippen molar-refractivity contribution in [2.24, 2.45) is 0 Å². The van der Waals surface area contributed by atoms with E-state index in [4.69, 9.17) is 9.84 Å². The van der Waals surface area contributed by atoms with Gasteiger partial charge in [-0.15, -0.1) is 0 Å². The van der Waals surface area contributed by atoms with Crippen LogP contribution in [-0.4, -0.2) is 49.4 Å². The minimum absolute atomic E-state index is 0.0897. The highest BCUT2D eigenvalue weighted by Crippen LogP contribution is 2.33. The van der Waals surface area contributed by atoms with Gasteiger partial charge in [-0.25, -0.2) is 19.3 Å². The lowest BCUT2D eigenvalue weighted by Gasteiger charge is -2.13. The highest BCUT2D eigenvalue weighted by molar-refractivity contribution is 6.06. The molecule has 0 radical (unpaired) electrons. The van der Waals surface area contributed by atoms with E-state index >= 15 is 0 Å². The van der Waals surface area contributed by atoms with Gasteiger partial charge >= 0.3 is 0 Å². The number of amides is 1. The molecule has 8 nitrogen and oxygen atoms in total. The number of carbonyl (C=O) groups is 1. The molecule has 1 saturated heterocycles. The number of aromatic nitrogens is 4. The summed E-state index contributed by atoms with van der Waals surface area (Å²) in [6.07, 6.45) is 0.103. The van der Waals surface area contributed by atoms with Crippen LogP contribution in [0.5, 0.6) is 0 Å². The van der Waals surface area contributed by atoms with Gasteiger partial charge in [-0.2, -0.15) is 0 Å². The van der Waals surface area contributed by atoms with E-state index in [9.17, 15) is 9.18 Å². The smallest absolute Gasteiger partial charge is 0.256 e. The van der Waals surface area contributed by atoms with Crippen molar-refractivity contribution in [2.75, 3.05) is 11.9 Å². The van der Waals surface area contributed by atoms with Gasteiger partial charge in [-0.3, -0.25) is 9.36 Å². The van der Waals surface area contributed by atoms with E-state index in [1.165, 1.54) is 12.7 Å². The van der Waals surface area contributed by atoms with Crippen molar-refractivity contribution in [1.82, 2.24) is 19.5 Å². The molecule has 1 fully saturated rings. The van der Waals surface area contributed by atoms with Gasteiger partial charge in [0.2, 0.25) is 0 Å². The number of halogens is 1. The van der Waals surface area contributed by atoms with Gasteiger partial charge in [0, 0.05) is 12.0 Å². The van der Waals surface area contributed by atoms with E-state index < -0.39 is 25.1 Å². The van der Waals surface area contributed by atoms with E-state index in [2.05, 4.69) is 20.3 Å². The first-order valence-corrected chi connectivity index (χ1v) is 8.11. The lowest BCUT2D eigenvalue weighted by molar-refractivity contribution is -0.0323. The van der Waals surface area contributed by atoms with Crippen LogP contribution in [0, 0.1) is 0 Å². The number of aliphatic hydroxyl groups is 1. The van der Waals surface area contributed by atoms with Gasteiger partial charge in [0.05, 0.1) is 12.9 Å². The Balaban J connectivity index is 1.63. The lowest BCUT2D eigenvalue weighted by atomic mass is 10.2. The normalized spacial score (nSPS) is 22.6. The first-order chi connectivity index (χ1) is 12.7.